The van der Waals surface area contributed by atoms with Crippen LogP contribution in [-0.2, 0) is 24.4 Å². The smallest absolute Gasteiger partial charge is 0.490 e. The van der Waals surface area contributed by atoms with E-state index in [1.54, 1.807) is 0 Å². The van der Waals surface area contributed by atoms with Gasteiger partial charge in [0.2, 0.25) is 5.76 Å². The predicted molar refractivity (Wildman–Crippen MR) is 89.4 cm³/mol. The summed E-state index contributed by atoms with van der Waals surface area (Å²) in [7, 11) is -3.48. The van der Waals surface area contributed by atoms with E-state index in [0.29, 0.717) is 12.0 Å². The summed E-state index contributed by atoms with van der Waals surface area (Å²) in [6.07, 6.45) is 2.57. The van der Waals surface area contributed by atoms with Gasteiger partial charge >= 0.3 is 21.6 Å². The molecule has 1 aromatic carbocycles. The van der Waals surface area contributed by atoms with Crippen molar-refractivity contribution in [2.24, 2.45) is 0 Å². The molecule has 0 aromatic heterocycles. The number of carbonyl (C=O) groups excluding carboxylic acids is 1. The van der Waals surface area contributed by atoms with E-state index in [0.717, 1.165) is 19.6 Å². The Labute approximate surface area is 154 Å². The number of hydrogen-bond donors (Lipinski definition) is 0. The van der Waals surface area contributed by atoms with E-state index in [1.165, 1.54) is 25.3 Å². The molecule has 0 saturated carbocycles. The minimum Gasteiger partial charge on any atom is -0.490 e. The molecule has 0 aliphatic carbocycles. The van der Waals surface area contributed by atoms with Crippen molar-refractivity contribution < 1.29 is 44.8 Å². The summed E-state index contributed by atoms with van der Waals surface area (Å²) < 4.78 is 79.0. The standard InChI is InChI=1S/C16H19F3O7S/c1-4-5-8-25-13-9-11(10-14(23-2)15(20)24-3)6-7-12(13)26-27(21,22)16(17,18)19/h6-7,9-10H,4-5,8H2,1-3H3/b14-10-. The Morgan fingerprint density at radius 3 is 2.33 bits per heavy atom. The molecule has 7 nitrogen and oxygen atoms in total. The van der Waals surface area contributed by atoms with Crippen LogP contribution in [0.5, 0.6) is 11.5 Å². The first-order valence-electron chi connectivity index (χ1n) is 7.67. The van der Waals surface area contributed by atoms with Crippen LogP contribution in [0.15, 0.2) is 24.0 Å². The average molecular weight is 412 g/mol. The van der Waals surface area contributed by atoms with Gasteiger partial charge in [-0.2, -0.15) is 21.6 Å². The Morgan fingerprint density at radius 2 is 1.81 bits per heavy atom. The monoisotopic (exact) mass is 412 g/mol. The van der Waals surface area contributed by atoms with Gasteiger partial charge in [-0.1, -0.05) is 19.4 Å². The van der Waals surface area contributed by atoms with Crippen molar-refractivity contribution in [2.45, 2.75) is 25.3 Å². The molecule has 0 aliphatic heterocycles. The first-order valence-corrected chi connectivity index (χ1v) is 9.08. The third-order valence-corrected chi connectivity index (χ3v) is 4.08. The average Bonchev–Trinajstić information content (AvgIpc) is 2.59. The molecule has 0 bridgehead atoms. The van der Waals surface area contributed by atoms with Crippen molar-refractivity contribution in [1.29, 1.82) is 0 Å². The highest BCUT2D eigenvalue weighted by Gasteiger charge is 2.49. The second-order valence-corrected chi connectivity index (χ2v) is 6.63. The molecule has 152 valence electrons. The van der Waals surface area contributed by atoms with Crippen molar-refractivity contribution in [2.75, 3.05) is 20.8 Å². The molecule has 0 atom stereocenters. The van der Waals surface area contributed by atoms with Crippen molar-refractivity contribution >= 4 is 22.2 Å². The predicted octanol–water partition coefficient (Wildman–Crippen LogP) is 3.25. The van der Waals surface area contributed by atoms with E-state index in [9.17, 15) is 26.4 Å². The number of esters is 1. The van der Waals surface area contributed by atoms with Crippen LogP contribution < -0.4 is 8.92 Å². The van der Waals surface area contributed by atoms with Crippen molar-refractivity contribution in [3.8, 4) is 11.5 Å². The highest BCUT2D eigenvalue weighted by Crippen LogP contribution is 2.34. The zero-order valence-electron chi connectivity index (χ0n) is 14.8. The summed E-state index contributed by atoms with van der Waals surface area (Å²) in [5.41, 5.74) is -5.29. The van der Waals surface area contributed by atoms with Gasteiger partial charge in [-0.05, 0) is 30.2 Å². The number of rotatable bonds is 9. The first kappa shape index (κ1) is 22.6. The van der Waals surface area contributed by atoms with Gasteiger partial charge in [0.05, 0.1) is 20.8 Å². The Hall–Kier alpha value is -2.43. The SMILES string of the molecule is CCCCOc1cc(/C=C(\OC)C(=O)OC)ccc1OS(=O)(=O)C(F)(F)F. The molecule has 0 heterocycles. The summed E-state index contributed by atoms with van der Waals surface area (Å²) in [4.78, 5) is 11.5. The third kappa shape index (κ3) is 6.35. The Morgan fingerprint density at radius 1 is 1.15 bits per heavy atom. The largest absolute Gasteiger partial charge is 0.534 e. The molecule has 1 aromatic rings. The second-order valence-electron chi connectivity index (χ2n) is 5.10. The maximum absolute atomic E-state index is 12.6. The third-order valence-electron chi connectivity index (χ3n) is 3.11. The molecule has 11 heteroatoms. The van der Waals surface area contributed by atoms with Crippen molar-refractivity contribution in [1.82, 2.24) is 0 Å². The zero-order valence-corrected chi connectivity index (χ0v) is 15.6. The van der Waals surface area contributed by atoms with Gasteiger partial charge in [0.1, 0.15) is 0 Å². The summed E-state index contributed by atoms with van der Waals surface area (Å²) in [6.45, 7) is 2.00. The Balaban J connectivity index is 3.29. The second kappa shape index (κ2) is 9.49. The number of benzene rings is 1. The molecule has 0 unspecified atom stereocenters. The zero-order chi connectivity index (χ0) is 20.7. The van der Waals surface area contributed by atoms with E-state index in [2.05, 4.69) is 8.92 Å². The number of hydrogen-bond acceptors (Lipinski definition) is 7. The molecule has 0 fully saturated rings. The van der Waals surface area contributed by atoms with Gasteiger partial charge in [-0.15, -0.1) is 0 Å². The van der Waals surface area contributed by atoms with E-state index in [4.69, 9.17) is 9.47 Å². The highest BCUT2D eigenvalue weighted by molar-refractivity contribution is 7.88. The Bertz CT molecular complexity index is 786. The number of unbranched alkanes of at least 4 members (excludes halogenated alkanes) is 1. The highest BCUT2D eigenvalue weighted by atomic mass is 32.2. The lowest BCUT2D eigenvalue weighted by Crippen LogP contribution is -2.28. The maximum atomic E-state index is 12.6. The number of ether oxygens (including phenoxy) is 3. The summed E-state index contributed by atoms with van der Waals surface area (Å²) in [6, 6.07) is 3.44. The molecular weight excluding hydrogens is 393 g/mol. The summed E-state index contributed by atoms with van der Waals surface area (Å²) in [5, 5.41) is 0. The molecule has 27 heavy (non-hydrogen) atoms. The number of halogens is 3. The van der Waals surface area contributed by atoms with Crippen molar-refractivity contribution in [3.05, 3.63) is 29.5 Å². The molecule has 1 rings (SSSR count). The fourth-order valence-electron chi connectivity index (χ4n) is 1.74. The van der Waals surface area contributed by atoms with E-state index in [-0.39, 0.29) is 18.1 Å². The normalized spacial score (nSPS) is 12.4. The van der Waals surface area contributed by atoms with Gasteiger partial charge in [-0.25, -0.2) is 4.79 Å². The number of alkyl halides is 3. The van der Waals surface area contributed by atoms with Gasteiger partial charge < -0.3 is 18.4 Å². The maximum Gasteiger partial charge on any atom is 0.534 e. The number of methoxy groups -OCH3 is 2. The van der Waals surface area contributed by atoms with E-state index < -0.39 is 27.3 Å². The van der Waals surface area contributed by atoms with E-state index >= 15 is 0 Å². The van der Waals surface area contributed by atoms with Crippen LogP contribution in [0.1, 0.15) is 25.3 Å². The molecule has 0 saturated heterocycles. The first-order chi connectivity index (χ1) is 12.6. The van der Waals surface area contributed by atoms with Crippen LogP contribution in [-0.4, -0.2) is 40.7 Å². The lowest BCUT2D eigenvalue weighted by molar-refractivity contribution is -0.139. The molecule has 0 radical (unpaired) electrons. The van der Waals surface area contributed by atoms with Gasteiger partial charge in [-0.3, -0.25) is 0 Å². The van der Waals surface area contributed by atoms with Crippen LogP contribution in [0.25, 0.3) is 6.08 Å². The van der Waals surface area contributed by atoms with Crippen LogP contribution in [0, 0.1) is 0 Å². The van der Waals surface area contributed by atoms with Crippen molar-refractivity contribution in [3.63, 3.8) is 0 Å². The molecule has 0 aliphatic rings. The molecule has 0 N–H and O–H groups in total. The fraction of sp³-hybridized carbons (Fsp3) is 0.438. The lowest BCUT2D eigenvalue weighted by atomic mass is 10.1. The van der Waals surface area contributed by atoms with Gasteiger partial charge in [0.25, 0.3) is 0 Å². The minimum atomic E-state index is -5.86. The summed E-state index contributed by atoms with van der Waals surface area (Å²) >= 11 is 0. The van der Waals surface area contributed by atoms with Gasteiger partial charge in [0, 0.05) is 0 Å². The molecule has 0 spiro atoms. The van der Waals surface area contributed by atoms with Gasteiger partial charge in [0.15, 0.2) is 11.5 Å². The van der Waals surface area contributed by atoms with Crippen LogP contribution in [0.4, 0.5) is 13.2 Å². The topological polar surface area (TPSA) is 88.1 Å². The molecule has 0 amide bonds. The minimum absolute atomic E-state index is 0.125. The number of carbonyl (C=O) groups is 1. The Kier molecular flexibility index (Phi) is 7.95. The van der Waals surface area contributed by atoms with Crippen LogP contribution >= 0.6 is 0 Å². The van der Waals surface area contributed by atoms with Crippen LogP contribution in [0.3, 0.4) is 0 Å². The van der Waals surface area contributed by atoms with E-state index in [1.807, 2.05) is 6.92 Å². The quantitative estimate of drug-likeness (QED) is 0.154. The lowest BCUT2D eigenvalue weighted by Gasteiger charge is -2.14. The fourth-order valence-corrected chi connectivity index (χ4v) is 2.21. The summed E-state index contributed by atoms with van der Waals surface area (Å²) in [5.74, 6) is -1.80. The van der Waals surface area contributed by atoms with Crippen LogP contribution in [0.2, 0.25) is 0 Å². The molecular formula is C16H19F3O7S.